The van der Waals surface area contributed by atoms with Gasteiger partial charge in [-0.2, -0.15) is 0 Å². The number of carbonyl (C=O) groups is 1. The molecule has 0 amide bonds. The van der Waals surface area contributed by atoms with E-state index in [0.717, 1.165) is 0 Å². The molecule has 1 aromatic heterocycles. The lowest BCUT2D eigenvalue weighted by Crippen LogP contribution is -2.05. The van der Waals surface area contributed by atoms with E-state index in [1.807, 2.05) is 0 Å². The third kappa shape index (κ3) is 1.67. The molecule has 4 nitrogen and oxygen atoms in total. The van der Waals surface area contributed by atoms with Crippen molar-refractivity contribution in [2.24, 2.45) is 0 Å². The van der Waals surface area contributed by atoms with Gasteiger partial charge >= 0.3 is 5.97 Å². The monoisotopic (exact) mass is 221 g/mol. The largest absolute Gasteiger partial charge is 0.465 e. The maximum Gasteiger partial charge on any atom is 0.338 e. The Bertz CT molecular complexity index is 508. The number of benzene rings is 1. The second kappa shape index (κ2) is 4.14. The standard InChI is InChI=1S/C11H8FNO3/c1-15-11(14)7-3-2-4-8(12)9(7)10-13-5-6-16-10/h2-6H,1H3. The molecular weight excluding hydrogens is 213 g/mol. The molecule has 0 bridgehead atoms. The molecule has 0 aliphatic heterocycles. The summed E-state index contributed by atoms with van der Waals surface area (Å²) in [6, 6.07) is 4.11. The van der Waals surface area contributed by atoms with E-state index in [2.05, 4.69) is 9.72 Å². The molecule has 5 heteroatoms. The lowest BCUT2D eigenvalue weighted by Gasteiger charge is -2.05. The Morgan fingerprint density at radius 3 is 2.94 bits per heavy atom. The highest BCUT2D eigenvalue weighted by Crippen LogP contribution is 2.25. The second-order valence-electron chi connectivity index (χ2n) is 2.99. The summed E-state index contributed by atoms with van der Waals surface area (Å²) < 4.78 is 23.1. The van der Waals surface area contributed by atoms with Gasteiger partial charge in [0.1, 0.15) is 12.1 Å². The minimum Gasteiger partial charge on any atom is -0.465 e. The summed E-state index contributed by atoms with van der Waals surface area (Å²) in [5.74, 6) is -1.16. The number of nitrogens with zero attached hydrogens (tertiary/aromatic N) is 1. The summed E-state index contributed by atoms with van der Waals surface area (Å²) in [5, 5.41) is 0. The Morgan fingerprint density at radius 2 is 2.31 bits per heavy atom. The second-order valence-corrected chi connectivity index (χ2v) is 2.99. The maximum absolute atomic E-state index is 13.6. The molecular formula is C11H8FNO3. The molecule has 0 fully saturated rings. The fourth-order valence-electron chi connectivity index (χ4n) is 1.37. The van der Waals surface area contributed by atoms with Gasteiger partial charge in [-0.15, -0.1) is 0 Å². The quantitative estimate of drug-likeness (QED) is 0.730. The normalized spacial score (nSPS) is 10.1. The summed E-state index contributed by atoms with van der Waals surface area (Å²) in [5.41, 5.74) is 0.101. The van der Waals surface area contributed by atoms with Crippen molar-refractivity contribution >= 4 is 5.97 Å². The van der Waals surface area contributed by atoms with E-state index in [1.54, 1.807) is 0 Å². The number of esters is 1. The third-order valence-corrected chi connectivity index (χ3v) is 2.07. The van der Waals surface area contributed by atoms with E-state index in [4.69, 9.17) is 4.42 Å². The van der Waals surface area contributed by atoms with E-state index in [1.165, 1.54) is 37.8 Å². The van der Waals surface area contributed by atoms with Crippen molar-refractivity contribution in [1.29, 1.82) is 0 Å². The Hall–Kier alpha value is -2.17. The van der Waals surface area contributed by atoms with Gasteiger partial charge in [-0.05, 0) is 12.1 Å². The number of aromatic nitrogens is 1. The fourth-order valence-corrected chi connectivity index (χ4v) is 1.37. The van der Waals surface area contributed by atoms with Crippen LogP contribution in [0.1, 0.15) is 10.4 Å². The van der Waals surface area contributed by atoms with Crippen molar-refractivity contribution in [1.82, 2.24) is 4.98 Å². The first-order valence-electron chi connectivity index (χ1n) is 4.50. The van der Waals surface area contributed by atoms with Crippen LogP contribution in [0.15, 0.2) is 35.1 Å². The Balaban J connectivity index is 2.62. The summed E-state index contributed by atoms with van der Waals surface area (Å²) in [6.45, 7) is 0. The Kier molecular flexibility index (Phi) is 2.68. The van der Waals surface area contributed by atoms with Crippen LogP contribution in [0, 0.1) is 5.82 Å². The molecule has 0 atom stereocenters. The highest BCUT2D eigenvalue weighted by molar-refractivity contribution is 5.96. The highest BCUT2D eigenvalue weighted by atomic mass is 19.1. The van der Waals surface area contributed by atoms with Gasteiger partial charge in [0.05, 0.1) is 24.4 Å². The zero-order valence-electron chi connectivity index (χ0n) is 8.44. The Labute approximate surface area is 90.7 Å². The minimum absolute atomic E-state index is 0.0133. The number of oxazole rings is 1. The molecule has 16 heavy (non-hydrogen) atoms. The molecule has 2 rings (SSSR count). The van der Waals surface area contributed by atoms with Crippen molar-refractivity contribution in [3.8, 4) is 11.5 Å². The van der Waals surface area contributed by atoms with Gasteiger partial charge in [-0.25, -0.2) is 14.2 Å². The van der Waals surface area contributed by atoms with Gasteiger partial charge in [-0.1, -0.05) is 6.07 Å². The first-order chi connectivity index (χ1) is 7.74. The van der Waals surface area contributed by atoms with Crippen molar-refractivity contribution in [3.05, 3.63) is 42.0 Å². The lowest BCUT2D eigenvalue weighted by atomic mass is 10.1. The zero-order chi connectivity index (χ0) is 11.5. The van der Waals surface area contributed by atoms with Gasteiger partial charge in [0, 0.05) is 0 Å². The van der Waals surface area contributed by atoms with Crippen LogP contribution in [0.25, 0.3) is 11.5 Å². The zero-order valence-corrected chi connectivity index (χ0v) is 8.44. The molecule has 0 radical (unpaired) electrons. The van der Waals surface area contributed by atoms with Crippen LogP contribution in [0.2, 0.25) is 0 Å². The summed E-state index contributed by atoms with van der Waals surface area (Å²) in [4.78, 5) is 15.2. The molecule has 0 saturated carbocycles. The van der Waals surface area contributed by atoms with Crippen molar-refractivity contribution in [3.63, 3.8) is 0 Å². The smallest absolute Gasteiger partial charge is 0.338 e. The lowest BCUT2D eigenvalue weighted by molar-refractivity contribution is 0.0601. The van der Waals surface area contributed by atoms with E-state index in [9.17, 15) is 9.18 Å². The van der Waals surface area contributed by atoms with Gasteiger partial charge in [0.2, 0.25) is 5.89 Å². The van der Waals surface area contributed by atoms with Crippen molar-refractivity contribution in [2.45, 2.75) is 0 Å². The average molecular weight is 221 g/mol. The number of rotatable bonds is 2. The van der Waals surface area contributed by atoms with E-state index >= 15 is 0 Å². The molecule has 82 valence electrons. The number of hydrogen-bond donors (Lipinski definition) is 0. The van der Waals surface area contributed by atoms with Crippen LogP contribution in [0.5, 0.6) is 0 Å². The topological polar surface area (TPSA) is 52.3 Å². The van der Waals surface area contributed by atoms with Crippen LogP contribution >= 0.6 is 0 Å². The molecule has 0 spiro atoms. The van der Waals surface area contributed by atoms with E-state index in [-0.39, 0.29) is 17.0 Å². The van der Waals surface area contributed by atoms with Gasteiger partial charge in [-0.3, -0.25) is 0 Å². The molecule has 0 aliphatic carbocycles. The van der Waals surface area contributed by atoms with E-state index in [0.29, 0.717) is 0 Å². The van der Waals surface area contributed by atoms with Gasteiger partial charge in [0.15, 0.2) is 0 Å². The molecule has 0 N–H and O–H groups in total. The first kappa shape index (κ1) is 10.4. The predicted octanol–water partition coefficient (Wildman–Crippen LogP) is 2.27. The van der Waals surface area contributed by atoms with Gasteiger partial charge < -0.3 is 9.15 Å². The molecule has 2 aromatic rings. The first-order valence-corrected chi connectivity index (χ1v) is 4.50. The van der Waals surface area contributed by atoms with Crippen molar-refractivity contribution < 1.29 is 18.3 Å². The average Bonchev–Trinajstić information content (AvgIpc) is 2.81. The maximum atomic E-state index is 13.6. The van der Waals surface area contributed by atoms with E-state index < -0.39 is 11.8 Å². The minimum atomic E-state index is -0.632. The van der Waals surface area contributed by atoms with Crippen LogP contribution in [0.4, 0.5) is 4.39 Å². The fraction of sp³-hybridized carbons (Fsp3) is 0.0909. The summed E-state index contributed by atoms with van der Waals surface area (Å²) >= 11 is 0. The number of halogens is 1. The highest BCUT2D eigenvalue weighted by Gasteiger charge is 2.19. The molecule has 0 unspecified atom stereocenters. The summed E-state index contributed by atoms with van der Waals surface area (Å²) in [7, 11) is 1.23. The SMILES string of the molecule is COC(=O)c1cccc(F)c1-c1ncco1. The van der Waals surface area contributed by atoms with Crippen LogP contribution < -0.4 is 0 Å². The van der Waals surface area contributed by atoms with Crippen LogP contribution in [-0.2, 0) is 4.74 Å². The summed E-state index contributed by atoms with van der Waals surface area (Å²) in [6.07, 6.45) is 2.69. The van der Waals surface area contributed by atoms with Crippen molar-refractivity contribution in [2.75, 3.05) is 7.11 Å². The number of hydrogen-bond acceptors (Lipinski definition) is 4. The van der Waals surface area contributed by atoms with Crippen LogP contribution in [0.3, 0.4) is 0 Å². The van der Waals surface area contributed by atoms with Gasteiger partial charge in [0.25, 0.3) is 0 Å². The van der Waals surface area contributed by atoms with Crippen LogP contribution in [-0.4, -0.2) is 18.1 Å². The number of methoxy groups -OCH3 is 1. The molecule has 0 saturated heterocycles. The predicted molar refractivity (Wildman–Crippen MR) is 53.2 cm³/mol. The molecule has 1 aromatic carbocycles. The molecule has 1 heterocycles. The third-order valence-electron chi connectivity index (χ3n) is 2.07. The Morgan fingerprint density at radius 1 is 1.50 bits per heavy atom. The molecule has 0 aliphatic rings. The number of carbonyl (C=O) groups excluding carboxylic acids is 1. The number of ether oxygens (including phenoxy) is 1.